The van der Waals surface area contributed by atoms with E-state index in [2.05, 4.69) is 32.7 Å². The standard InChI is InChI=1S/C12H26N2O/c1-10(2)15-8-7-14(4)9-12(3,13)11-5-6-11/h10-11H,5-9,13H2,1-4H3. The van der Waals surface area contributed by atoms with Crippen LogP contribution in [0.1, 0.15) is 33.6 Å². The molecule has 0 saturated heterocycles. The molecule has 90 valence electrons. The minimum Gasteiger partial charge on any atom is -0.377 e. The first kappa shape index (κ1) is 12.9. The van der Waals surface area contributed by atoms with Gasteiger partial charge in [0.05, 0.1) is 12.7 Å². The number of nitrogens with zero attached hydrogens (tertiary/aromatic N) is 1. The molecule has 15 heavy (non-hydrogen) atoms. The Morgan fingerprint density at radius 2 is 2.07 bits per heavy atom. The van der Waals surface area contributed by atoms with Gasteiger partial charge >= 0.3 is 0 Å². The van der Waals surface area contributed by atoms with E-state index in [1.807, 2.05) is 0 Å². The molecule has 1 atom stereocenters. The lowest BCUT2D eigenvalue weighted by atomic mass is 9.97. The topological polar surface area (TPSA) is 38.5 Å². The molecule has 0 aromatic carbocycles. The minimum absolute atomic E-state index is 0.00736. The summed E-state index contributed by atoms with van der Waals surface area (Å²) < 4.78 is 5.52. The van der Waals surface area contributed by atoms with Crippen LogP contribution in [0.4, 0.5) is 0 Å². The zero-order valence-corrected chi connectivity index (χ0v) is 10.6. The van der Waals surface area contributed by atoms with Gasteiger partial charge in [0.2, 0.25) is 0 Å². The summed E-state index contributed by atoms with van der Waals surface area (Å²) in [6.45, 7) is 9.05. The molecule has 1 aliphatic carbocycles. The minimum atomic E-state index is -0.00736. The molecule has 0 spiro atoms. The van der Waals surface area contributed by atoms with Crippen molar-refractivity contribution in [3.8, 4) is 0 Å². The maximum Gasteiger partial charge on any atom is 0.0596 e. The van der Waals surface area contributed by atoms with Gasteiger partial charge in [-0.15, -0.1) is 0 Å². The molecule has 0 bridgehead atoms. The molecule has 1 aliphatic rings. The quantitative estimate of drug-likeness (QED) is 0.697. The van der Waals surface area contributed by atoms with Gasteiger partial charge in [0.25, 0.3) is 0 Å². The van der Waals surface area contributed by atoms with Gasteiger partial charge in [-0.3, -0.25) is 0 Å². The second-order valence-electron chi connectivity index (χ2n) is 5.44. The first-order chi connectivity index (χ1) is 6.92. The van der Waals surface area contributed by atoms with E-state index in [1.165, 1.54) is 12.8 Å². The first-order valence-electron chi connectivity index (χ1n) is 6.01. The van der Waals surface area contributed by atoms with Gasteiger partial charge in [-0.1, -0.05) is 0 Å². The van der Waals surface area contributed by atoms with Crippen LogP contribution in [0.2, 0.25) is 0 Å². The van der Waals surface area contributed by atoms with Crippen LogP contribution in [0.3, 0.4) is 0 Å². The van der Waals surface area contributed by atoms with Crippen molar-refractivity contribution in [1.29, 1.82) is 0 Å². The van der Waals surface area contributed by atoms with Gasteiger partial charge in [-0.25, -0.2) is 0 Å². The summed E-state index contributed by atoms with van der Waals surface area (Å²) in [4.78, 5) is 2.28. The number of rotatable bonds is 7. The highest BCUT2D eigenvalue weighted by atomic mass is 16.5. The Morgan fingerprint density at radius 3 is 2.53 bits per heavy atom. The highest BCUT2D eigenvalue weighted by Crippen LogP contribution is 2.38. The van der Waals surface area contributed by atoms with Crippen LogP contribution in [0.5, 0.6) is 0 Å². The van der Waals surface area contributed by atoms with Crippen LogP contribution in [0.15, 0.2) is 0 Å². The van der Waals surface area contributed by atoms with E-state index in [0.29, 0.717) is 6.10 Å². The number of likely N-dealkylation sites (N-methyl/N-ethyl adjacent to an activating group) is 1. The van der Waals surface area contributed by atoms with Gasteiger partial charge in [-0.2, -0.15) is 0 Å². The van der Waals surface area contributed by atoms with E-state index in [4.69, 9.17) is 10.5 Å². The normalized spacial score (nSPS) is 21.0. The number of hydrogen-bond donors (Lipinski definition) is 1. The fraction of sp³-hybridized carbons (Fsp3) is 1.00. The third-order valence-electron chi connectivity index (χ3n) is 3.04. The molecular weight excluding hydrogens is 188 g/mol. The molecule has 1 unspecified atom stereocenters. The summed E-state index contributed by atoms with van der Waals surface area (Å²) in [6.07, 6.45) is 2.94. The van der Waals surface area contributed by atoms with E-state index in [0.717, 1.165) is 25.6 Å². The summed E-state index contributed by atoms with van der Waals surface area (Å²) in [6, 6.07) is 0. The SMILES string of the molecule is CC(C)OCCN(C)CC(C)(N)C1CC1. The molecule has 0 aliphatic heterocycles. The zero-order valence-electron chi connectivity index (χ0n) is 10.6. The van der Waals surface area contributed by atoms with Gasteiger partial charge in [0.1, 0.15) is 0 Å². The van der Waals surface area contributed by atoms with Crippen molar-refractivity contribution in [2.75, 3.05) is 26.7 Å². The monoisotopic (exact) mass is 214 g/mol. The van der Waals surface area contributed by atoms with Crippen LogP contribution in [-0.4, -0.2) is 43.3 Å². The summed E-state index contributed by atoms with van der Waals surface area (Å²) in [5, 5.41) is 0. The average molecular weight is 214 g/mol. The fourth-order valence-electron chi connectivity index (χ4n) is 1.98. The summed E-state index contributed by atoms with van der Waals surface area (Å²) in [5.74, 6) is 0.742. The maximum absolute atomic E-state index is 6.27. The van der Waals surface area contributed by atoms with Crippen LogP contribution < -0.4 is 5.73 Å². The molecule has 0 amide bonds. The number of nitrogens with two attached hydrogens (primary N) is 1. The third kappa shape index (κ3) is 4.96. The van der Waals surface area contributed by atoms with Crippen LogP contribution in [0, 0.1) is 5.92 Å². The lowest BCUT2D eigenvalue weighted by molar-refractivity contribution is 0.0597. The number of hydrogen-bond acceptors (Lipinski definition) is 3. The highest BCUT2D eigenvalue weighted by molar-refractivity contribution is 4.96. The number of ether oxygens (including phenoxy) is 1. The summed E-state index contributed by atoms with van der Waals surface area (Å²) in [5.41, 5.74) is 6.26. The van der Waals surface area contributed by atoms with Crippen molar-refractivity contribution in [1.82, 2.24) is 4.90 Å². The van der Waals surface area contributed by atoms with E-state index < -0.39 is 0 Å². The maximum atomic E-state index is 6.27. The zero-order chi connectivity index (χ0) is 11.5. The second-order valence-corrected chi connectivity index (χ2v) is 5.44. The lowest BCUT2D eigenvalue weighted by Crippen LogP contribution is -2.49. The molecule has 3 heteroatoms. The summed E-state index contributed by atoms with van der Waals surface area (Å²) >= 11 is 0. The molecule has 1 fully saturated rings. The Hall–Kier alpha value is -0.120. The first-order valence-corrected chi connectivity index (χ1v) is 6.01. The molecule has 3 nitrogen and oxygen atoms in total. The molecule has 2 N–H and O–H groups in total. The summed E-state index contributed by atoms with van der Waals surface area (Å²) in [7, 11) is 2.12. The Balaban J connectivity index is 2.14. The average Bonchev–Trinajstić information content (AvgIpc) is 2.83. The molecule has 1 rings (SSSR count). The van der Waals surface area contributed by atoms with Crippen molar-refractivity contribution in [2.45, 2.75) is 45.3 Å². The molecule has 0 aromatic rings. The highest BCUT2D eigenvalue weighted by Gasteiger charge is 2.38. The predicted molar refractivity (Wildman–Crippen MR) is 63.9 cm³/mol. The molecule has 0 heterocycles. The van der Waals surface area contributed by atoms with E-state index in [9.17, 15) is 0 Å². The van der Waals surface area contributed by atoms with Gasteiger partial charge in [0, 0.05) is 18.6 Å². The molecule has 0 aromatic heterocycles. The Bertz CT molecular complexity index is 188. The molecular formula is C12H26N2O. The van der Waals surface area contributed by atoms with Crippen molar-refractivity contribution in [3.05, 3.63) is 0 Å². The Kier molecular flexibility index (Phi) is 4.56. The smallest absolute Gasteiger partial charge is 0.0596 e. The van der Waals surface area contributed by atoms with Crippen molar-refractivity contribution in [3.63, 3.8) is 0 Å². The van der Waals surface area contributed by atoms with E-state index in [1.54, 1.807) is 0 Å². The van der Waals surface area contributed by atoms with Crippen molar-refractivity contribution < 1.29 is 4.74 Å². The Labute approximate surface area is 94.0 Å². The largest absolute Gasteiger partial charge is 0.377 e. The van der Waals surface area contributed by atoms with Crippen LogP contribution >= 0.6 is 0 Å². The molecule has 1 saturated carbocycles. The second kappa shape index (κ2) is 5.28. The fourth-order valence-corrected chi connectivity index (χ4v) is 1.98. The Morgan fingerprint density at radius 1 is 1.47 bits per heavy atom. The van der Waals surface area contributed by atoms with E-state index >= 15 is 0 Å². The van der Waals surface area contributed by atoms with Crippen LogP contribution in [-0.2, 0) is 4.74 Å². The van der Waals surface area contributed by atoms with Gasteiger partial charge in [0.15, 0.2) is 0 Å². The van der Waals surface area contributed by atoms with Crippen molar-refractivity contribution in [2.24, 2.45) is 11.7 Å². The predicted octanol–water partition coefficient (Wildman–Crippen LogP) is 1.47. The van der Waals surface area contributed by atoms with Crippen LogP contribution in [0.25, 0.3) is 0 Å². The lowest BCUT2D eigenvalue weighted by Gasteiger charge is -2.30. The van der Waals surface area contributed by atoms with Crippen molar-refractivity contribution >= 4 is 0 Å². The molecule has 0 radical (unpaired) electrons. The van der Waals surface area contributed by atoms with E-state index in [-0.39, 0.29) is 5.54 Å². The van der Waals surface area contributed by atoms with Gasteiger partial charge < -0.3 is 15.4 Å². The van der Waals surface area contributed by atoms with Gasteiger partial charge in [-0.05, 0) is 46.6 Å². The third-order valence-corrected chi connectivity index (χ3v) is 3.04.